The molecule has 122 valence electrons. The van der Waals surface area contributed by atoms with E-state index in [1.165, 1.54) is 22.9 Å². The van der Waals surface area contributed by atoms with Crippen LogP contribution in [0.2, 0.25) is 0 Å². The fraction of sp³-hybridized carbons (Fsp3) is 0.263. The first-order chi connectivity index (χ1) is 11.6. The minimum Gasteiger partial charge on any atom is -0.333 e. The lowest BCUT2D eigenvalue weighted by Gasteiger charge is -2.22. The smallest absolute Gasteiger partial charge is 0.237 e. The summed E-state index contributed by atoms with van der Waals surface area (Å²) in [5.41, 5.74) is 5.46. The van der Waals surface area contributed by atoms with E-state index in [0.29, 0.717) is 5.75 Å². The van der Waals surface area contributed by atoms with Gasteiger partial charge in [0, 0.05) is 11.7 Å². The maximum atomic E-state index is 12.7. The van der Waals surface area contributed by atoms with Gasteiger partial charge in [-0.05, 0) is 49.6 Å². The van der Waals surface area contributed by atoms with Gasteiger partial charge >= 0.3 is 0 Å². The Morgan fingerprint density at radius 1 is 1.33 bits per heavy atom. The van der Waals surface area contributed by atoms with Crippen LogP contribution in [0.4, 0.5) is 5.69 Å². The molecular weight excluding hydrogens is 318 g/mol. The van der Waals surface area contributed by atoms with Crippen molar-refractivity contribution in [1.82, 2.24) is 9.97 Å². The van der Waals surface area contributed by atoms with Gasteiger partial charge in [-0.2, -0.15) is 0 Å². The third-order valence-electron chi connectivity index (χ3n) is 4.42. The van der Waals surface area contributed by atoms with Crippen LogP contribution in [0.5, 0.6) is 0 Å². The summed E-state index contributed by atoms with van der Waals surface area (Å²) in [7, 11) is 0. The number of amides is 1. The van der Waals surface area contributed by atoms with E-state index in [0.717, 1.165) is 28.3 Å². The first-order valence-corrected chi connectivity index (χ1v) is 9.09. The maximum absolute atomic E-state index is 12.7. The fourth-order valence-corrected chi connectivity index (χ4v) is 4.06. The van der Waals surface area contributed by atoms with Gasteiger partial charge in [-0.3, -0.25) is 4.79 Å². The number of fused-ring (bicyclic) bond motifs is 2. The van der Waals surface area contributed by atoms with Crippen molar-refractivity contribution in [3.8, 4) is 0 Å². The molecule has 1 aliphatic heterocycles. The van der Waals surface area contributed by atoms with Gasteiger partial charge in [0.05, 0.1) is 16.8 Å². The lowest BCUT2D eigenvalue weighted by molar-refractivity contribution is -0.116. The lowest BCUT2D eigenvalue weighted by Crippen LogP contribution is -2.36. The van der Waals surface area contributed by atoms with Gasteiger partial charge in [0.1, 0.15) is 0 Å². The number of carbonyl (C=O) groups excluding carboxylic acids is 1. The highest BCUT2D eigenvalue weighted by Gasteiger charge is 2.30. The molecule has 1 amide bonds. The summed E-state index contributed by atoms with van der Waals surface area (Å²) in [6.45, 7) is 4.16. The molecule has 0 saturated carbocycles. The molecule has 1 atom stereocenters. The lowest BCUT2D eigenvalue weighted by atomic mass is 10.1. The highest BCUT2D eigenvalue weighted by atomic mass is 32.2. The van der Waals surface area contributed by atoms with Crippen LogP contribution in [-0.2, 0) is 11.2 Å². The summed E-state index contributed by atoms with van der Waals surface area (Å²) in [4.78, 5) is 22.5. The molecule has 3 aromatic rings. The quantitative estimate of drug-likeness (QED) is 0.737. The number of aryl methyl sites for hydroxylation is 1. The molecule has 0 spiro atoms. The fourth-order valence-electron chi connectivity index (χ4n) is 3.31. The number of H-pyrrole nitrogens is 1. The van der Waals surface area contributed by atoms with Crippen molar-refractivity contribution in [2.24, 2.45) is 0 Å². The van der Waals surface area contributed by atoms with Crippen LogP contribution in [0.3, 0.4) is 0 Å². The van der Waals surface area contributed by atoms with E-state index in [2.05, 4.69) is 35.9 Å². The Kier molecular flexibility index (Phi) is 3.81. The molecule has 1 N–H and O–H groups in total. The Morgan fingerprint density at radius 3 is 3.04 bits per heavy atom. The normalized spacial score (nSPS) is 16.6. The van der Waals surface area contributed by atoms with Crippen LogP contribution in [0.25, 0.3) is 11.0 Å². The number of imidazole rings is 1. The predicted octanol–water partition coefficient (Wildman–Crippen LogP) is 3.94. The van der Waals surface area contributed by atoms with Crippen LogP contribution in [0.1, 0.15) is 18.1 Å². The number of benzene rings is 2. The van der Waals surface area contributed by atoms with Crippen LogP contribution in [0.15, 0.2) is 47.6 Å². The molecule has 0 unspecified atom stereocenters. The number of rotatable bonds is 3. The van der Waals surface area contributed by atoms with Gasteiger partial charge < -0.3 is 9.88 Å². The zero-order chi connectivity index (χ0) is 16.7. The van der Waals surface area contributed by atoms with Gasteiger partial charge in [-0.15, -0.1) is 0 Å². The van der Waals surface area contributed by atoms with Crippen molar-refractivity contribution < 1.29 is 4.79 Å². The minimum absolute atomic E-state index is 0.133. The van der Waals surface area contributed by atoms with E-state index in [1.807, 2.05) is 35.2 Å². The molecular formula is C19H19N3OS. The van der Waals surface area contributed by atoms with Gasteiger partial charge in [0.15, 0.2) is 5.16 Å². The van der Waals surface area contributed by atoms with E-state index >= 15 is 0 Å². The molecule has 0 aliphatic carbocycles. The zero-order valence-electron chi connectivity index (χ0n) is 13.7. The monoisotopic (exact) mass is 337 g/mol. The van der Waals surface area contributed by atoms with Crippen LogP contribution < -0.4 is 4.90 Å². The van der Waals surface area contributed by atoms with Crippen LogP contribution >= 0.6 is 11.8 Å². The second-order valence-corrected chi connectivity index (χ2v) is 7.26. The van der Waals surface area contributed by atoms with Gasteiger partial charge in [0.2, 0.25) is 5.91 Å². The molecule has 1 aromatic heterocycles. The van der Waals surface area contributed by atoms with Crippen LogP contribution in [0, 0.1) is 6.92 Å². The Balaban J connectivity index is 1.50. The summed E-state index contributed by atoms with van der Waals surface area (Å²) in [5.74, 6) is 0.520. The second kappa shape index (κ2) is 5.98. The zero-order valence-corrected chi connectivity index (χ0v) is 14.6. The Hall–Kier alpha value is -2.27. The van der Waals surface area contributed by atoms with E-state index in [4.69, 9.17) is 0 Å². The summed E-state index contributed by atoms with van der Waals surface area (Å²) in [6.07, 6.45) is 0.927. The predicted molar refractivity (Wildman–Crippen MR) is 98.6 cm³/mol. The Morgan fingerprint density at radius 2 is 2.17 bits per heavy atom. The summed E-state index contributed by atoms with van der Waals surface area (Å²) in [5, 5.41) is 0.795. The van der Waals surface area contributed by atoms with Crippen molar-refractivity contribution in [3.05, 3.63) is 53.6 Å². The second-order valence-electron chi connectivity index (χ2n) is 6.30. The maximum Gasteiger partial charge on any atom is 0.237 e. The van der Waals surface area contributed by atoms with Crippen molar-refractivity contribution in [1.29, 1.82) is 0 Å². The van der Waals surface area contributed by atoms with E-state index in [-0.39, 0.29) is 11.9 Å². The van der Waals surface area contributed by atoms with E-state index in [9.17, 15) is 4.79 Å². The number of aromatic amines is 1. The number of carbonyl (C=O) groups is 1. The summed E-state index contributed by atoms with van der Waals surface area (Å²) < 4.78 is 0. The first-order valence-electron chi connectivity index (χ1n) is 8.11. The Labute approximate surface area is 145 Å². The molecule has 24 heavy (non-hydrogen) atoms. The number of thioether (sulfide) groups is 1. The number of nitrogens with one attached hydrogen (secondary N) is 1. The van der Waals surface area contributed by atoms with Crippen molar-refractivity contribution in [3.63, 3.8) is 0 Å². The molecule has 1 aliphatic rings. The van der Waals surface area contributed by atoms with Crippen LogP contribution in [-0.4, -0.2) is 27.7 Å². The number of aromatic nitrogens is 2. The van der Waals surface area contributed by atoms with Crippen molar-refractivity contribution >= 4 is 34.4 Å². The SMILES string of the molecule is Cc1ccc2nc(SCC(=O)N3c4ccccc4C[C@@H]3C)[nH]c2c1. The number of nitrogens with zero attached hydrogens (tertiary/aromatic N) is 2. The largest absolute Gasteiger partial charge is 0.333 e. The molecule has 0 radical (unpaired) electrons. The van der Waals surface area contributed by atoms with Gasteiger partial charge in [-0.25, -0.2) is 4.98 Å². The number of hydrogen-bond acceptors (Lipinski definition) is 3. The molecule has 0 fully saturated rings. The van der Waals surface area contributed by atoms with E-state index in [1.54, 1.807) is 0 Å². The highest BCUT2D eigenvalue weighted by Crippen LogP contribution is 2.32. The number of anilines is 1. The first kappa shape index (κ1) is 15.3. The van der Waals surface area contributed by atoms with Crippen molar-refractivity contribution in [2.75, 3.05) is 10.7 Å². The molecule has 4 rings (SSSR count). The molecule has 2 aromatic carbocycles. The van der Waals surface area contributed by atoms with E-state index < -0.39 is 0 Å². The minimum atomic E-state index is 0.133. The third-order valence-corrected chi connectivity index (χ3v) is 5.28. The number of para-hydroxylation sites is 1. The molecule has 2 heterocycles. The van der Waals surface area contributed by atoms with Gasteiger partial charge in [0.25, 0.3) is 0 Å². The molecule has 4 nitrogen and oxygen atoms in total. The molecule has 0 bridgehead atoms. The highest BCUT2D eigenvalue weighted by molar-refractivity contribution is 7.99. The Bertz CT molecular complexity index is 918. The number of hydrogen-bond donors (Lipinski definition) is 1. The summed E-state index contributed by atoms with van der Waals surface area (Å²) >= 11 is 1.47. The molecule has 0 saturated heterocycles. The standard InChI is InChI=1S/C19H19N3OS/c1-12-7-8-15-16(9-12)21-19(20-15)24-11-18(23)22-13(2)10-14-5-3-4-6-17(14)22/h3-9,13H,10-11H2,1-2H3,(H,20,21)/t13-/m0/s1. The third kappa shape index (κ3) is 2.69. The average Bonchev–Trinajstić information content (AvgIpc) is 3.11. The molecule has 5 heteroatoms. The topological polar surface area (TPSA) is 49.0 Å². The van der Waals surface area contributed by atoms with Crippen molar-refractivity contribution in [2.45, 2.75) is 31.5 Å². The van der Waals surface area contributed by atoms with Gasteiger partial charge in [-0.1, -0.05) is 36.0 Å². The average molecular weight is 337 g/mol. The summed E-state index contributed by atoms with van der Waals surface area (Å²) in [6, 6.07) is 14.5.